The van der Waals surface area contributed by atoms with Crippen LogP contribution < -0.4 is 5.32 Å². The molecular weight excluding hydrogens is 250 g/mol. The molecule has 1 aromatic carbocycles. The molecule has 0 spiro atoms. The molecule has 0 saturated carbocycles. The van der Waals surface area contributed by atoms with Gasteiger partial charge in [0.15, 0.2) is 0 Å². The lowest BCUT2D eigenvalue weighted by Gasteiger charge is -2.22. The Balaban J connectivity index is 1.76. The molecule has 2 heterocycles. The molecule has 2 aliphatic rings. The summed E-state index contributed by atoms with van der Waals surface area (Å²) in [5, 5.41) is 3.38. The summed E-state index contributed by atoms with van der Waals surface area (Å²) in [5.41, 5.74) is 3.02. The van der Waals surface area contributed by atoms with Gasteiger partial charge in [-0.25, -0.2) is 4.79 Å². The molecule has 1 saturated heterocycles. The third kappa shape index (κ3) is 2.93. The average molecular weight is 271 g/mol. The SMILES string of the molecule is CC1Cc2cc(C=CC3CCNCC3)ccc2C(=O)O1. The van der Waals surface area contributed by atoms with Crippen molar-refractivity contribution in [1.29, 1.82) is 0 Å². The third-order valence-corrected chi connectivity index (χ3v) is 4.11. The third-order valence-electron chi connectivity index (χ3n) is 4.11. The van der Waals surface area contributed by atoms with E-state index in [1.807, 2.05) is 19.1 Å². The number of ether oxygens (including phenoxy) is 1. The van der Waals surface area contributed by atoms with Gasteiger partial charge in [-0.15, -0.1) is 0 Å². The molecule has 3 rings (SSSR count). The van der Waals surface area contributed by atoms with Gasteiger partial charge in [-0.3, -0.25) is 0 Å². The molecule has 1 atom stereocenters. The highest BCUT2D eigenvalue weighted by Crippen LogP contribution is 2.23. The molecule has 3 heteroatoms. The lowest BCUT2D eigenvalue weighted by molar-refractivity contribution is 0.0301. The van der Waals surface area contributed by atoms with E-state index in [4.69, 9.17) is 4.74 Å². The van der Waals surface area contributed by atoms with E-state index in [9.17, 15) is 4.79 Å². The van der Waals surface area contributed by atoms with Crippen LogP contribution in [0.5, 0.6) is 0 Å². The Kier molecular flexibility index (Phi) is 3.88. The van der Waals surface area contributed by atoms with Crippen LogP contribution in [0.15, 0.2) is 24.3 Å². The highest BCUT2D eigenvalue weighted by Gasteiger charge is 2.23. The topological polar surface area (TPSA) is 38.3 Å². The Morgan fingerprint density at radius 1 is 1.30 bits per heavy atom. The molecule has 20 heavy (non-hydrogen) atoms. The van der Waals surface area contributed by atoms with Crippen LogP contribution in [0.3, 0.4) is 0 Å². The first kappa shape index (κ1) is 13.4. The minimum absolute atomic E-state index is 0.0151. The molecule has 1 unspecified atom stereocenters. The lowest BCUT2D eigenvalue weighted by atomic mass is 9.94. The average Bonchev–Trinajstić information content (AvgIpc) is 2.45. The summed E-state index contributed by atoms with van der Waals surface area (Å²) < 4.78 is 5.24. The van der Waals surface area contributed by atoms with Crippen LogP contribution in [-0.2, 0) is 11.2 Å². The van der Waals surface area contributed by atoms with Crippen LogP contribution in [-0.4, -0.2) is 25.2 Å². The fraction of sp³-hybridized carbons (Fsp3) is 0.471. The first-order chi connectivity index (χ1) is 9.72. The van der Waals surface area contributed by atoms with E-state index >= 15 is 0 Å². The van der Waals surface area contributed by atoms with Gasteiger partial charge in [0.05, 0.1) is 5.56 Å². The Bertz CT molecular complexity index is 530. The van der Waals surface area contributed by atoms with Gasteiger partial charge in [0, 0.05) is 6.42 Å². The van der Waals surface area contributed by atoms with Gasteiger partial charge in [0.25, 0.3) is 0 Å². The molecule has 3 nitrogen and oxygen atoms in total. The van der Waals surface area contributed by atoms with E-state index in [2.05, 4.69) is 23.5 Å². The molecule has 2 aliphatic heterocycles. The first-order valence-corrected chi connectivity index (χ1v) is 7.45. The number of hydrogen-bond donors (Lipinski definition) is 1. The fourth-order valence-electron chi connectivity index (χ4n) is 2.97. The molecular formula is C17H21NO2. The molecule has 1 aromatic rings. The van der Waals surface area contributed by atoms with Crippen LogP contribution in [0.25, 0.3) is 6.08 Å². The second-order valence-electron chi connectivity index (χ2n) is 5.78. The van der Waals surface area contributed by atoms with Crippen LogP contribution in [0, 0.1) is 5.92 Å². The molecule has 1 N–H and O–H groups in total. The van der Waals surface area contributed by atoms with Crippen LogP contribution >= 0.6 is 0 Å². The summed E-state index contributed by atoms with van der Waals surface area (Å²) >= 11 is 0. The fourth-order valence-corrected chi connectivity index (χ4v) is 2.97. The van der Waals surface area contributed by atoms with Crippen LogP contribution in [0.1, 0.15) is 41.3 Å². The van der Waals surface area contributed by atoms with Crippen molar-refractivity contribution in [3.05, 3.63) is 41.0 Å². The Morgan fingerprint density at radius 3 is 2.90 bits per heavy atom. The highest BCUT2D eigenvalue weighted by atomic mass is 16.5. The number of cyclic esters (lactones) is 1. The van der Waals surface area contributed by atoms with Crippen molar-refractivity contribution in [2.24, 2.45) is 5.92 Å². The normalized spacial score (nSPS) is 23.6. The van der Waals surface area contributed by atoms with Crippen molar-refractivity contribution in [1.82, 2.24) is 5.32 Å². The summed E-state index contributed by atoms with van der Waals surface area (Å²) in [6.07, 6.45) is 7.73. The Hall–Kier alpha value is -1.61. The monoisotopic (exact) mass is 271 g/mol. The number of nitrogens with one attached hydrogen (secondary N) is 1. The predicted octanol–water partition coefficient (Wildman–Crippen LogP) is 2.80. The molecule has 1 fully saturated rings. The van der Waals surface area contributed by atoms with Crippen molar-refractivity contribution < 1.29 is 9.53 Å². The molecule has 0 aromatic heterocycles. The molecule has 0 bridgehead atoms. The summed E-state index contributed by atoms with van der Waals surface area (Å²) in [6.45, 7) is 4.17. The van der Waals surface area contributed by atoms with Gasteiger partial charge in [0.2, 0.25) is 0 Å². The van der Waals surface area contributed by atoms with Crippen LogP contribution in [0.4, 0.5) is 0 Å². The number of fused-ring (bicyclic) bond motifs is 1. The Labute approximate surface area is 120 Å². The predicted molar refractivity (Wildman–Crippen MR) is 79.7 cm³/mol. The zero-order chi connectivity index (χ0) is 13.9. The highest BCUT2D eigenvalue weighted by molar-refractivity contribution is 5.92. The number of carbonyl (C=O) groups excluding carboxylic acids is 1. The molecule has 0 amide bonds. The van der Waals surface area contributed by atoms with E-state index in [0.29, 0.717) is 5.92 Å². The second kappa shape index (κ2) is 5.80. The van der Waals surface area contributed by atoms with Crippen molar-refractivity contribution in [2.45, 2.75) is 32.3 Å². The molecule has 106 valence electrons. The maximum Gasteiger partial charge on any atom is 0.338 e. The largest absolute Gasteiger partial charge is 0.459 e. The standard InChI is InChI=1S/C17H21NO2/c1-12-10-15-11-14(4-5-16(15)17(19)20-12)3-2-13-6-8-18-9-7-13/h2-5,11-13,18H,6-10H2,1H3. The van der Waals surface area contributed by atoms with Crippen molar-refractivity contribution in [3.8, 4) is 0 Å². The maximum atomic E-state index is 11.8. The molecule has 0 radical (unpaired) electrons. The number of hydrogen-bond acceptors (Lipinski definition) is 3. The van der Waals surface area contributed by atoms with E-state index < -0.39 is 0 Å². The number of carbonyl (C=O) groups is 1. The summed E-state index contributed by atoms with van der Waals surface area (Å²) in [5.74, 6) is 0.490. The van der Waals surface area contributed by atoms with E-state index in [1.54, 1.807) is 0 Å². The van der Waals surface area contributed by atoms with Crippen molar-refractivity contribution >= 4 is 12.0 Å². The lowest BCUT2D eigenvalue weighted by Crippen LogP contribution is -2.26. The molecule has 0 aliphatic carbocycles. The minimum atomic E-state index is -0.187. The second-order valence-corrected chi connectivity index (χ2v) is 5.78. The maximum absolute atomic E-state index is 11.8. The van der Waals surface area contributed by atoms with Gasteiger partial charge >= 0.3 is 5.97 Å². The van der Waals surface area contributed by atoms with Gasteiger partial charge in [-0.2, -0.15) is 0 Å². The van der Waals surface area contributed by atoms with Crippen LogP contribution in [0.2, 0.25) is 0 Å². The van der Waals surface area contributed by atoms with Gasteiger partial charge in [0.1, 0.15) is 6.10 Å². The zero-order valence-corrected chi connectivity index (χ0v) is 11.9. The first-order valence-electron chi connectivity index (χ1n) is 7.45. The number of piperidine rings is 1. The summed E-state index contributed by atoms with van der Waals surface area (Å²) in [6, 6.07) is 6.03. The van der Waals surface area contributed by atoms with Crippen molar-refractivity contribution in [3.63, 3.8) is 0 Å². The summed E-state index contributed by atoms with van der Waals surface area (Å²) in [7, 11) is 0. The van der Waals surface area contributed by atoms with E-state index in [1.165, 1.54) is 18.4 Å². The zero-order valence-electron chi connectivity index (χ0n) is 11.9. The van der Waals surface area contributed by atoms with E-state index in [-0.39, 0.29) is 12.1 Å². The van der Waals surface area contributed by atoms with Gasteiger partial charge < -0.3 is 10.1 Å². The quantitative estimate of drug-likeness (QED) is 0.841. The Morgan fingerprint density at radius 2 is 2.10 bits per heavy atom. The smallest absolute Gasteiger partial charge is 0.338 e. The minimum Gasteiger partial charge on any atom is -0.459 e. The number of rotatable bonds is 2. The van der Waals surface area contributed by atoms with Gasteiger partial charge in [-0.05, 0) is 56.0 Å². The van der Waals surface area contributed by atoms with Crippen molar-refractivity contribution in [2.75, 3.05) is 13.1 Å². The number of allylic oxidation sites excluding steroid dienone is 1. The summed E-state index contributed by atoms with van der Waals surface area (Å²) in [4.78, 5) is 11.8. The van der Waals surface area contributed by atoms with E-state index in [0.717, 1.165) is 30.6 Å². The number of benzene rings is 1. The van der Waals surface area contributed by atoms with Gasteiger partial charge in [-0.1, -0.05) is 24.3 Å². The number of esters is 1.